The summed E-state index contributed by atoms with van der Waals surface area (Å²) >= 11 is 0. The molecule has 0 aromatic rings. The lowest BCUT2D eigenvalue weighted by molar-refractivity contribution is -0.266. The van der Waals surface area contributed by atoms with E-state index in [1.54, 1.807) is 7.11 Å². The van der Waals surface area contributed by atoms with Gasteiger partial charge < -0.3 is 20.1 Å². The highest BCUT2D eigenvalue weighted by atomic mass is 16.5. The number of ether oxygens (including phenoxy) is 1. The lowest BCUT2D eigenvalue weighted by atomic mass is 9.43. The molecular formula is C22H35NO4. The van der Waals surface area contributed by atoms with Gasteiger partial charge in [-0.15, -0.1) is 0 Å². The van der Waals surface area contributed by atoms with Gasteiger partial charge in [-0.05, 0) is 49.5 Å². The van der Waals surface area contributed by atoms with Crippen LogP contribution in [-0.2, 0) is 4.74 Å². The van der Waals surface area contributed by atoms with E-state index in [4.69, 9.17) is 4.74 Å². The van der Waals surface area contributed by atoms with Crippen molar-refractivity contribution < 1.29 is 20.1 Å². The van der Waals surface area contributed by atoms with E-state index in [1.165, 1.54) is 0 Å². The molecule has 0 amide bonds. The zero-order valence-electron chi connectivity index (χ0n) is 16.8. The SMILES string of the molecule is CCN1C[C@]2(C)CC[C@H](O)[C@]34C1[C@H](C[C@H]23)[C@@]1(O)C[C@H](OC)[C@H]2C[C@@H]4[C@@H]1[C@H]2O. The average Bonchev–Trinajstić information content (AvgIpc) is 3.07. The molecule has 5 heteroatoms. The molecule has 1 saturated heterocycles. The van der Waals surface area contributed by atoms with E-state index in [1.807, 2.05) is 0 Å². The third kappa shape index (κ3) is 1.66. The Morgan fingerprint density at radius 2 is 1.96 bits per heavy atom. The van der Waals surface area contributed by atoms with Crippen LogP contribution in [0.4, 0.5) is 0 Å². The Balaban J connectivity index is 1.59. The number of fused-ring (bicyclic) bond motifs is 2. The zero-order chi connectivity index (χ0) is 18.9. The van der Waals surface area contributed by atoms with Gasteiger partial charge >= 0.3 is 0 Å². The van der Waals surface area contributed by atoms with Gasteiger partial charge in [-0.1, -0.05) is 13.8 Å². The normalized spacial score (nSPS) is 66.2. The molecule has 12 atom stereocenters. The Morgan fingerprint density at radius 3 is 2.67 bits per heavy atom. The van der Waals surface area contributed by atoms with E-state index in [0.29, 0.717) is 12.3 Å². The van der Waals surface area contributed by atoms with Crippen molar-refractivity contribution in [2.24, 2.45) is 40.4 Å². The monoisotopic (exact) mass is 377 g/mol. The van der Waals surface area contributed by atoms with Gasteiger partial charge in [0.25, 0.3) is 0 Å². The summed E-state index contributed by atoms with van der Waals surface area (Å²) < 4.78 is 5.79. The van der Waals surface area contributed by atoms with Crippen LogP contribution in [0.5, 0.6) is 0 Å². The fourth-order valence-electron chi connectivity index (χ4n) is 10.1. The van der Waals surface area contributed by atoms with Crippen LogP contribution >= 0.6 is 0 Å². The second-order valence-corrected chi connectivity index (χ2v) is 11.1. The number of hydrogen-bond donors (Lipinski definition) is 3. The first kappa shape index (κ1) is 17.6. The number of aliphatic hydroxyl groups is 3. The Morgan fingerprint density at radius 1 is 1.19 bits per heavy atom. The first-order chi connectivity index (χ1) is 12.8. The maximum absolute atomic E-state index is 12.1. The summed E-state index contributed by atoms with van der Waals surface area (Å²) in [5, 5.41) is 34.9. The lowest BCUT2D eigenvalue weighted by Crippen LogP contribution is -2.75. The second-order valence-electron chi connectivity index (χ2n) is 11.1. The van der Waals surface area contributed by atoms with Gasteiger partial charge in [0.1, 0.15) is 0 Å². The Labute approximate surface area is 162 Å². The van der Waals surface area contributed by atoms with Crippen molar-refractivity contribution in [3.8, 4) is 0 Å². The van der Waals surface area contributed by atoms with E-state index in [2.05, 4.69) is 18.7 Å². The minimum absolute atomic E-state index is 0.0657. The van der Waals surface area contributed by atoms with Gasteiger partial charge in [0.05, 0.1) is 23.9 Å². The van der Waals surface area contributed by atoms with Gasteiger partial charge in [0, 0.05) is 49.3 Å². The molecular weight excluding hydrogens is 342 g/mol. The standard InChI is InChI=1S/C22H35NO4/c1-4-23-10-20(2)6-5-16(24)22-12-7-11-14(27-3)9-21(26,17(12)18(11)25)13(19(22)23)8-15(20)22/h11-19,24-26H,4-10H2,1-3H3/t11-,12-,13+,14+,15-,16+,17-,18+,19?,20+,21+,22-/m1/s1. The molecule has 0 aromatic heterocycles. The molecule has 1 unspecified atom stereocenters. The fraction of sp³-hybridized carbons (Fsp3) is 1.00. The van der Waals surface area contributed by atoms with Crippen molar-refractivity contribution in [2.75, 3.05) is 20.2 Å². The van der Waals surface area contributed by atoms with Gasteiger partial charge in [-0.3, -0.25) is 4.90 Å². The summed E-state index contributed by atoms with van der Waals surface area (Å²) in [7, 11) is 1.73. The van der Waals surface area contributed by atoms with Gasteiger partial charge in [0.2, 0.25) is 0 Å². The molecule has 1 heterocycles. The largest absolute Gasteiger partial charge is 0.392 e. The van der Waals surface area contributed by atoms with Gasteiger partial charge in [-0.25, -0.2) is 0 Å². The Kier molecular flexibility index (Phi) is 3.33. The second kappa shape index (κ2) is 5.10. The number of rotatable bonds is 2. The summed E-state index contributed by atoms with van der Waals surface area (Å²) in [6, 6.07) is 0.253. The zero-order valence-corrected chi connectivity index (χ0v) is 16.8. The molecule has 6 aliphatic rings. The van der Waals surface area contributed by atoms with E-state index in [9.17, 15) is 15.3 Å². The summed E-state index contributed by atoms with van der Waals surface area (Å²) in [5.74, 6) is 0.840. The molecule has 152 valence electrons. The van der Waals surface area contributed by atoms with E-state index >= 15 is 0 Å². The molecule has 7 bridgehead atoms. The maximum Gasteiger partial charge on any atom is 0.0771 e. The highest BCUT2D eigenvalue weighted by Crippen LogP contribution is 2.78. The highest BCUT2D eigenvalue weighted by Gasteiger charge is 2.82. The predicted molar refractivity (Wildman–Crippen MR) is 99.9 cm³/mol. The smallest absolute Gasteiger partial charge is 0.0771 e. The third-order valence-corrected chi connectivity index (χ3v) is 10.7. The molecule has 1 spiro atoms. The van der Waals surface area contributed by atoms with Crippen molar-refractivity contribution in [1.82, 2.24) is 4.90 Å². The van der Waals surface area contributed by atoms with Crippen molar-refractivity contribution in [1.29, 1.82) is 0 Å². The fourth-order valence-corrected chi connectivity index (χ4v) is 10.1. The first-order valence-corrected chi connectivity index (χ1v) is 11.2. The van der Waals surface area contributed by atoms with Gasteiger partial charge in [0.15, 0.2) is 0 Å². The minimum atomic E-state index is -0.858. The lowest BCUT2D eigenvalue weighted by Gasteiger charge is -2.68. The van der Waals surface area contributed by atoms with Crippen molar-refractivity contribution in [3.05, 3.63) is 0 Å². The van der Waals surface area contributed by atoms with Crippen LogP contribution in [0.15, 0.2) is 0 Å². The third-order valence-electron chi connectivity index (χ3n) is 10.7. The molecule has 5 aliphatic carbocycles. The number of piperidine rings is 1. The van der Waals surface area contributed by atoms with Crippen LogP contribution in [0.1, 0.15) is 46.0 Å². The topological polar surface area (TPSA) is 73.2 Å². The van der Waals surface area contributed by atoms with Crippen LogP contribution < -0.4 is 0 Å². The van der Waals surface area contributed by atoms with Gasteiger partial charge in [-0.2, -0.15) is 0 Å². The average molecular weight is 378 g/mol. The van der Waals surface area contributed by atoms with E-state index in [-0.39, 0.29) is 52.8 Å². The van der Waals surface area contributed by atoms with Crippen molar-refractivity contribution in [2.45, 2.75) is 75.9 Å². The van der Waals surface area contributed by atoms with Crippen molar-refractivity contribution >= 4 is 0 Å². The van der Waals surface area contributed by atoms with Crippen LogP contribution in [0.3, 0.4) is 0 Å². The molecule has 3 N–H and O–H groups in total. The van der Waals surface area contributed by atoms with Crippen LogP contribution in [-0.4, -0.2) is 70.4 Å². The number of nitrogens with zero attached hydrogens (tertiary/aromatic N) is 1. The molecule has 5 saturated carbocycles. The van der Waals surface area contributed by atoms with Crippen LogP contribution in [0, 0.1) is 40.4 Å². The minimum Gasteiger partial charge on any atom is -0.392 e. The molecule has 27 heavy (non-hydrogen) atoms. The summed E-state index contributed by atoms with van der Waals surface area (Å²) in [6.07, 6.45) is 3.66. The highest BCUT2D eigenvalue weighted by molar-refractivity contribution is 5.32. The van der Waals surface area contributed by atoms with E-state index in [0.717, 1.165) is 38.8 Å². The predicted octanol–water partition coefficient (Wildman–Crippen LogP) is 1.25. The molecule has 6 fully saturated rings. The van der Waals surface area contributed by atoms with Crippen molar-refractivity contribution in [3.63, 3.8) is 0 Å². The maximum atomic E-state index is 12.1. The number of methoxy groups -OCH3 is 1. The summed E-state index contributed by atoms with van der Waals surface area (Å²) in [6.45, 7) is 6.74. The number of likely N-dealkylation sites (tertiary alicyclic amines) is 1. The van der Waals surface area contributed by atoms with Crippen LogP contribution in [0.25, 0.3) is 0 Å². The molecule has 6 rings (SSSR count). The van der Waals surface area contributed by atoms with Crippen LogP contribution in [0.2, 0.25) is 0 Å². The summed E-state index contributed by atoms with van der Waals surface area (Å²) in [4.78, 5) is 2.60. The molecule has 0 radical (unpaired) electrons. The Hall–Kier alpha value is -0.200. The molecule has 1 aliphatic heterocycles. The first-order valence-electron chi connectivity index (χ1n) is 11.2. The molecule has 5 nitrogen and oxygen atoms in total. The number of aliphatic hydroxyl groups excluding tert-OH is 2. The quantitative estimate of drug-likeness (QED) is 0.676. The van der Waals surface area contributed by atoms with E-state index < -0.39 is 11.7 Å². The Bertz CT molecular complexity index is 673. The summed E-state index contributed by atoms with van der Waals surface area (Å²) in [5.41, 5.74) is -0.788. The number of hydrogen-bond acceptors (Lipinski definition) is 5. The molecule has 0 aromatic carbocycles.